The Morgan fingerprint density at radius 1 is 1.09 bits per heavy atom. The molecule has 3 rings (SSSR count). The van der Waals surface area contributed by atoms with Gasteiger partial charge in [-0.05, 0) is 30.7 Å². The highest BCUT2D eigenvalue weighted by molar-refractivity contribution is 6.04. The number of carbonyl (C=O) groups is 1. The smallest absolute Gasteiger partial charge is 0.340 e. The van der Waals surface area contributed by atoms with Crippen LogP contribution in [-0.2, 0) is 11.3 Å². The molecule has 4 heteroatoms. The van der Waals surface area contributed by atoms with Crippen molar-refractivity contribution in [2.75, 3.05) is 6.61 Å². The monoisotopic (exact) mass is 295 g/mol. The zero-order valence-electron chi connectivity index (χ0n) is 12.3. The van der Waals surface area contributed by atoms with Gasteiger partial charge in [-0.2, -0.15) is 0 Å². The molecule has 0 spiro atoms. The minimum absolute atomic E-state index is 0.329. The average molecular weight is 295 g/mol. The molecule has 0 aliphatic heterocycles. The molecule has 1 heterocycles. The molecule has 0 bridgehead atoms. The van der Waals surface area contributed by atoms with E-state index in [2.05, 4.69) is 4.98 Å². The van der Waals surface area contributed by atoms with Crippen LogP contribution < -0.4 is 4.74 Å². The summed E-state index contributed by atoms with van der Waals surface area (Å²) in [6.07, 6.45) is 1.79. The van der Waals surface area contributed by atoms with Crippen molar-refractivity contribution in [1.29, 1.82) is 0 Å². The second-order valence-corrected chi connectivity index (χ2v) is 4.87. The zero-order valence-corrected chi connectivity index (χ0v) is 12.3. The van der Waals surface area contributed by atoms with E-state index in [0.29, 0.717) is 18.8 Å². The molecule has 4 nitrogen and oxygen atoms in total. The maximum absolute atomic E-state index is 12.0. The topological polar surface area (TPSA) is 51.3 Å². The third-order valence-corrected chi connectivity index (χ3v) is 3.42. The first-order chi connectivity index (χ1) is 10.8. The van der Waals surface area contributed by atoms with Crippen LogP contribution in [0.1, 0.15) is 22.8 Å². The van der Waals surface area contributed by atoms with Gasteiger partial charge in [0.05, 0.1) is 17.7 Å². The van der Waals surface area contributed by atoms with Gasteiger partial charge in [-0.1, -0.05) is 30.3 Å². The third-order valence-electron chi connectivity index (χ3n) is 3.42. The number of H-pyrrole nitrogens is 1. The van der Waals surface area contributed by atoms with Crippen molar-refractivity contribution in [3.05, 3.63) is 65.9 Å². The Balaban J connectivity index is 1.87. The molecule has 3 aromatic rings. The fourth-order valence-electron chi connectivity index (χ4n) is 2.37. The van der Waals surface area contributed by atoms with Crippen LogP contribution >= 0.6 is 0 Å². The van der Waals surface area contributed by atoms with Crippen LogP contribution in [0.3, 0.4) is 0 Å². The molecule has 0 aliphatic rings. The molecule has 112 valence electrons. The minimum atomic E-state index is -0.329. The van der Waals surface area contributed by atoms with Crippen molar-refractivity contribution in [3.63, 3.8) is 0 Å². The van der Waals surface area contributed by atoms with E-state index in [4.69, 9.17) is 9.47 Å². The number of esters is 1. The summed E-state index contributed by atoms with van der Waals surface area (Å²) in [4.78, 5) is 15.0. The number of hydrogen-bond acceptors (Lipinski definition) is 3. The zero-order chi connectivity index (χ0) is 15.4. The lowest BCUT2D eigenvalue weighted by Gasteiger charge is -2.10. The fraction of sp³-hybridized carbons (Fsp3) is 0.167. The Morgan fingerprint density at radius 2 is 1.91 bits per heavy atom. The highest BCUT2D eigenvalue weighted by atomic mass is 16.5. The SMILES string of the molecule is CCOC(=O)c1ccc(OCc2ccccc2)c2cc[nH]c12. The van der Waals surface area contributed by atoms with Crippen LogP contribution in [0.2, 0.25) is 0 Å². The van der Waals surface area contributed by atoms with E-state index >= 15 is 0 Å². The van der Waals surface area contributed by atoms with E-state index in [9.17, 15) is 4.79 Å². The van der Waals surface area contributed by atoms with Gasteiger partial charge in [-0.25, -0.2) is 4.79 Å². The number of aromatic nitrogens is 1. The quantitative estimate of drug-likeness (QED) is 0.726. The van der Waals surface area contributed by atoms with Crippen molar-refractivity contribution >= 4 is 16.9 Å². The second kappa shape index (κ2) is 6.35. The summed E-state index contributed by atoms with van der Waals surface area (Å²) in [6, 6.07) is 15.4. The Kier molecular flexibility index (Phi) is 4.10. The van der Waals surface area contributed by atoms with Gasteiger partial charge in [0.25, 0.3) is 0 Å². The first-order valence-corrected chi connectivity index (χ1v) is 7.23. The molecule has 0 amide bonds. The largest absolute Gasteiger partial charge is 0.488 e. The van der Waals surface area contributed by atoms with Crippen molar-refractivity contribution < 1.29 is 14.3 Å². The lowest BCUT2D eigenvalue weighted by molar-refractivity contribution is 0.0528. The third kappa shape index (κ3) is 2.81. The van der Waals surface area contributed by atoms with Crippen LogP contribution in [0, 0.1) is 0 Å². The highest BCUT2D eigenvalue weighted by Crippen LogP contribution is 2.29. The van der Waals surface area contributed by atoms with Gasteiger partial charge in [-0.3, -0.25) is 0 Å². The number of carbonyl (C=O) groups excluding carboxylic acids is 1. The lowest BCUT2D eigenvalue weighted by Crippen LogP contribution is -2.05. The number of aromatic amines is 1. The van der Waals surface area contributed by atoms with Crippen molar-refractivity contribution in [1.82, 2.24) is 4.98 Å². The van der Waals surface area contributed by atoms with E-state index in [1.807, 2.05) is 42.5 Å². The Bertz CT molecular complexity index is 777. The molecule has 0 aliphatic carbocycles. The van der Waals surface area contributed by atoms with Gasteiger partial charge in [-0.15, -0.1) is 0 Å². The molecule has 0 unspecified atom stereocenters. The summed E-state index contributed by atoms with van der Waals surface area (Å²) in [5.41, 5.74) is 2.36. The van der Waals surface area contributed by atoms with Gasteiger partial charge in [0, 0.05) is 11.6 Å². The Labute approximate surface area is 128 Å². The van der Waals surface area contributed by atoms with Crippen LogP contribution in [0.4, 0.5) is 0 Å². The van der Waals surface area contributed by atoms with Crippen LogP contribution in [0.15, 0.2) is 54.7 Å². The molecule has 2 aromatic carbocycles. The van der Waals surface area contributed by atoms with E-state index in [1.165, 1.54) is 0 Å². The second-order valence-electron chi connectivity index (χ2n) is 4.87. The predicted octanol–water partition coefficient (Wildman–Crippen LogP) is 3.92. The molecule has 0 fully saturated rings. The molecular formula is C18H17NO3. The molecular weight excluding hydrogens is 278 g/mol. The van der Waals surface area contributed by atoms with Gasteiger partial charge in [0.2, 0.25) is 0 Å². The number of nitrogens with one attached hydrogen (secondary N) is 1. The van der Waals surface area contributed by atoms with Gasteiger partial charge >= 0.3 is 5.97 Å². The van der Waals surface area contributed by atoms with E-state index in [-0.39, 0.29) is 5.97 Å². The van der Waals surface area contributed by atoms with Crippen LogP contribution in [-0.4, -0.2) is 17.6 Å². The molecule has 22 heavy (non-hydrogen) atoms. The molecule has 0 saturated heterocycles. The van der Waals surface area contributed by atoms with Crippen LogP contribution in [0.25, 0.3) is 10.9 Å². The number of hydrogen-bond donors (Lipinski definition) is 1. The van der Waals surface area contributed by atoms with Crippen LogP contribution in [0.5, 0.6) is 5.75 Å². The molecule has 0 saturated carbocycles. The van der Waals surface area contributed by atoms with Gasteiger partial charge in [0.1, 0.15) is 12.4 Å². The first-order valence-electron chi connectivity index (χ1n) is 7.23. The summed E-state index contributed by atoms with van der Waals surface area (Å²) in [6.45, 7) is 2.63. The summed E-state index contributed by atoms with van der Waals surface area (Å²) >= 11 is 0. The fourth-order valence-corrected chi connectivity index (χ4v) is 2.37. The maximum atomic E-state index is 12.0. The van der Waals surface area contributed by atoms with E-state index in [0.717, 1.165) is 22.2 Å². The summed E-state index contributed by atoms with van der Waals surface area (Å²) in [7, 11) is 0. The standard InChI is InChI=1S/C18H17NO3/c1-2-21-18(20)15-8-9-16(14-10-11-19-17(14)15)22-12-13-6-4-3-5-7-13/h3-11,19H,2,12H2,1H3. The van der Waals surface area contributed by atoms with E-state index in [1.54, 1.807) is 19.2 Å². The molecule has 0 atom stereocenters. The maximum Gasteiger partial charge on any atom is 0.340 e. The number of benzene rings is 2. The van der Waals surface area contributed by atoms with Crippen molar-refractivity contribution in [2.24, 2.45) is 0 Å². The number of fused-ring (bicyclic) bond motifs is 1. The average Bonchev–Trinajstić information content (AvgIpc) is 3.03. The Hall–Kier alpha value is -2.75. The summed E-state index contributed by atoms with van der Waals surface area (Å²) in [5.74, 6) is 0.415. The Morgan fingerprint density at radius 3 is 2.68 bits per heavy atom. The lowest BCUT2D eigenvalue weighted by atomic mass is 10.1. The summed E-state index contributed by atoms with van der Waals surface area (Å²) in [5, 5.41) is 0.876. The first kappa shape index (κ1) is 14.2. The molecule has 0 radical (unpaired) electrons. The highest BCUT2D eigenvalue weighted by Gasteiger charge is 2.15. The minimum Gasteiger partial charge on any atom is -0.488 e. The van der Waals surface area contributed by atoms with Gasteiger partial charge in [0.15, 0.2) is 0 Å². The van der Waals surface area contributed by atoms with Crippen molar-refractivity contribution in [3.8, 4) is 5.75 Å². The number of rotatable bonds is 5. The molecule has 1 N–H and O–H groups in total. The van der Waals surface area contributed by atoms with Gasteiger partial charge < -0.3 is 14.5 Å². The normalized spacial score (nSPS) is 10.6. The van der Waals surface area contributed by atoms with Crippen molar-refractivity contribution in [2.45, 2.75) is 13.5 Å². The summed E-state index contributed by atoms with van der Waals surface area (Å²) < 4.78 is 11.0. The molecule has 1 aromatic heterocycles. The van der Waals surface area contributed by atoms with E-state index < -0.39 is 0 Å². The predicted molar refractivity (Wildman–Crippen MR) is 85.0 cm³/mol. The number of ether oxygens (including phenoxy) is 2.